The predicted octanol–water partition coefficient (Wildman–Crippen LogP) is 2.83. The number of amides is 3. The second-order valence-corrected chi connectivity index (χ2v) is 9.55. The number of hydrogen-bond acceptors (Lipinski definition) is 6. The Morgan fingerprint density at radius 1 is 1.12 bits per heavy atom. The van der Waals surface area contributed by atoms with Gasteiger partial charge in [-0.15, -0.1) is 0 Å². The van der Waals surface area contributed by atoms with Crippen molar-refractivity contribution in [3.63, 3.8) is 0 Å². The second kappa shape index (κ2) is 12.6. The Labute approximate surface area is 196 Å². The van der Waals surface area contributed by atoms with Crippen molar-refractivity contribution in [3.05, 3.63) is 12.2 Å². The molecule has 0 spiro atoms. The van der Waals surface area contributed by atoms with E-state index in [4.69, 9.17) is 9.47 Å². The summed E-state index contributed by atoms with van der Waals surface area (Å²) < 4.78 is 10.5. The van der Waals surface area contributed by atoms with E-state index in [2.05, 4.69) is 10.6 Å². The lowest BCUT2D eigenvalue weighted by molar-refractivity contribution is -0.148. The fraction of sp³-hybridized carbons (Fsp3) is 0.750. The zero-order valence-electron chi connectivity index (χ0n) is 20.4. The minimum Gasteiger partial charge on any atom is -0.464 e. The normalized spacial score (nSPS) is 26.3. The van der Waals surface area contributed by atoms with Crippen LogP contribution in [0.1, 0.15) is 79.1 Å². The zero-order valence-corrected chi connectivity index (χ0v) is 20.4. The number of nitrogens with zero attached hydrogens (tertiary/aromatic N) is 1. The lowest BCUT2D eigenvalue weighted by atomic mass is 10.1. The standard InChI is InChI=1S/C24H39N3O6/c1-5-32-22(30)18-14-11-9-7-6-8-10-13-17(26-23(31)33-24(2,3)4)21(29)27-16-12-15-19(27)20(28)25-18/h9,11,17-19H,5-8,10,12-16H2,1-4H3,(H,25,28)(H,26,31)/b11-9-/t17-,18+,19-/m0/s1. The largest absolute Gasteiger partial charge is 0.464 e. The van der Waals surface area contributed by atoms with Crippen molar-refractivity contribution >= 4 is 23.9 Å². The molecule has 2 rings (SSSR count). The molecule has 3 amide bonds. The van der Waals surface area contributed by atoms with Gasteiger partial charge in [-0.1, -0.05) is 25.0 Å². The number of allylic oxidation sites excluding steroid dienone is 1. The van der Waals surface area contributed by atoms with Crippen LogP contribution in [0, 0.1) is 0 Å². The van der Waals surface area contributed by atoms with Crippen molar-refractivity contribution < 1.29 is 28.7 Å². The van der Waals surface area contributed by atoms with E-state index in [-0.39, 0.29) is 18.4 Å². The Morgan fingerprint density at radius 2 is 1.88 bits per heavy atom. The van der Waals surface area contributed by atoms with Crippen LogP contribution in [0.4, 0.5) is 4.79 Å². The molecule has 2 N–H and O–H groups in total. The first-order chi connectivity index (χ1) is 15.6. The van der Waals surface area contributed by atoms with Gasteiger partial charge in [0.1, 0.15) is 23.7 Å². The number of alkyl carbamates (subject to hydrolysis) is 1. The van der Waals surface area contributed by atoms with Crippen LogP contribution >= 0.6 is 0 Å². The minimum absolute atomic E-state index is 0.223. The summed E-state index contributed by atoms with van der Waals surface area (Å²) in [6.45, 7) is 7.66. The molecular formula is C24H39N3O6. The molecule has 0 unspecified atom stereocenters. The van der Waals surface area contributed by atoms with E-state index in [1.807, 2.05) is 12.2 Å². The van der Waals surface area contributed by atoms with Gasteiger partial charge in [0.05, 0.1) is 6.61 Å². The van der Waals surface area contributed by atoms with Crippen molar-refractivity contribution in [2.24, 2.45) is 0 Å². The molecule has 0 radical (unpaired) electrons. The number of fused-ring (bicyclic) bond motifs is 1. The molecule has 0 bridgehead atoms. The number of rotatable bonds is 3. The van der Waals surface area contributed by atoms with E-state index in [0.717, 1.165) is 25.7 Å². The molecule has 9 nitrogen and oxygen atoms in total. The Balaban J connectivity index is 2.21. The zero-order chi connectivity index (χ0) is 24.4. The third-order valence-electron chi connectivity index (χ3n) is 5.62. The molecule has 0 saturated carbocycles. The molecule has 0 aromatic rings. The SMILES string of the molecule is CCOC(=O)[C@H]1C/C=C\CCCCC[C@H](NC(=O)OC(C)(C)C)C(=O)N2CCC[C@H]2C(=O)N1. The number of nitrogens with one attached hydrogen (secondary N) is 2. The Hall–Kier alpha value is -2.58. The molecule has 33 heavy (non-hydrogen) atoms. The summed E-state index contributed by atoms with van der Waals surface area (Å²) in [6.07, 6.45) is 8.64. The molecule has 0 aliphatic carbocycles. The second-order valence-electron chi connectivity index (χ2n) is 9.55. The van der Waals surface area contributed by atoms with E-state index in [9.17, 15) is 19.2 Å². The highest BCUT2D eigenvalue weighted by Gasteiger charge is 2.39. The highest BCUT2D eigenvalue weighted by molar-refractivity contribution is 5.93. The Kier molecular flexibility index (Phi) is 10.2. The molecule has 3 atom stereocenters. The summed E-state index contributed by atoms with van der Waals surface area (Å²) in [5, 5.41) is 5.50. The van der Waals surface area contributed by atoms with Gasteiger partial charge in [0, 0.05) is 6.54 Å². The summed E-state index contributed by atoms with van der Waals surface area (Å²) in [5.41, 5.74) is -0.683. The fourth-order valence-electron chi connectivity index (χ4n) is 4.07. The third-order valence-corrected chi connectivity index (χ3v) is 5.62. The van der Waals surface area contributed by atoms with Gasteiger partial charge in [-0.3, -0.25) is 9.59 Å². The van der Waals surface area contributed by atoms with Gasteiger partial charge >= 0.3 is 12.1 Å². The summed E-state index contributed by atoms with van der Waals surface area (Å²) >= 11 is 0. The molecule has 9 heteroatoms. The van der Waals surface area contributed by atoms with Crippen LogP contribution in [-0.4, -0.2) is 65.7 Å². The quantitative estimate of drug-likeness (QED) is 0.489. The van der Waals surface area contributed by atoms with E-state index in [1.54, 1.807) is 27.7 Å². The van der Waals surface area contributed by atoms with Gasteiger partial charge in [-0.05, 0) is 66.2 Å². The fourth-order valence-corrected chi connectivity index (χ4v) is 4.07. The number of ether oxygens (including phenoxy) is 2. The van der Waals surface area contributed by atoms with Gasteiger partial charge in [-0.25, -0.2) is 9.59 Å². The average Bonchev–Trinajstić information content (AvgIpc) is 3.21. The minimum atomic E-state index is -0.799. The molecule has 186 valence electrons. The van der Waals surface area contributed by atoms with Crippen molar-refractivity contribution in [3.8, 4) is 0 Å². The molecule has 1 saturated heterocycles. The lowest BCUT2D eigenvalue weighted by Gasteiger charge is -2.30. The van der Waals surface area contributed by atoms with Crippen molar-refractivity contribution in [1.82, 2.24) is 15.5 Å². The first kappa shape index (κ1) is 26.7. The molecule has 0 aromatic heterocycles. The number of esters is 1. The first-order valence-corrected chi connectivity index (χ1v) is 12.0. The predicted molar refractivity (Wildman–Crippen MR) is 123 cm³/mol. The van der Waals surface area contributed by atoms with Crippen LogP contribution in [0.3, 0.4) is 0 Å². The average molecular weight is 466 g/mol. The summed E-state index contributed by atoms with van der Waals surface area (Å²) in [5.74, 6) is -1.16. The highest BCUT2D eigenvalue weighted by atomic mass is 16.6. The maximum Gasteiger partial charge on any atom is 0.408 e. The van der Waals surface area contributed by atoms with Gasteiger partial charge in [-0.2, -0.15) is 0 Å². The molecule has 2 heterocycles. The summed E-state index contributed by atoms with van der Waals surface area (Å²) in [6, 6.07) is -2.26. The van der Waals surface area contributed by atoms with Crippen molar-refractivity contribution in [1.29, 1.82) is 0 Å². The Bertz CT molecular complexity index is 730. The first-order valence-electron chi connectivity index (χ1n) is 12.0. The summed E-state index contributed by atoms with van der Waals surface area (Å²) in [4.78, 5) is 52.7. The van der Waals surface area contributed by atoms with Gasteiger partial charge < -0.3 is 25.0 Å². The molecule has 0 aromatic carbocycles. The van der Waals surface area contributed by atoms with E-state index in [1.165, 1.54) is 4.90 Å². The van der Waals surface area contributed by atoms with E-state index in [0.29, 0.717) is 32.2 Å². The van der Waals surface area contributed by atoms with Crippen molar-refractivity contribution in [2.75, 3.05) is 13.2 Å². The van der Waals surface area contributed by atoms with E-state index < -0.39 is 35.8 Å². The van der Waals surface area contributed by atoms with Crippen LogP contribution in [0.15, 0.2) is 12.2 Å². The van der Waals surface area contributed by atoms with E-state index >= 15 is 0 Å². The van der Waals surface area contributed by atoms with Crippen LogP contribution in [0.2, 0.25) is 0 Å². The molecular weight excluding hydrogens is 426 g/mol. The lowest BCUT2D eigenvalue weighted by Crippen LogP contribution is -2.55. The monoisotopic (exact) mass is 465 g/mol. The Morgan fingerprint density at radius 3 is 2.58 bits per heavy atom. The smallest absolute Gasteiger partial charge is 0.408 e. The van der Waals surface area contributed by atoms with Crippen LogP contribution < -0.4 is 10.6 Å². The maximum absolute atomic E-state index is 13.4. The maximum atomic E-state index is 13.4. The topological polar surface area (TPSA) is 114 Å². The molecule has 1 fully saturated rings. The summed E-state index contributed by atoms with van der Waals surface area (Å²) in [7, 11) is 0. The number of carbonyl (C=O) groups is 4. The highest BCUT2D eigenvalue weighted by Crippen LogP contribution is 2.21. The molecule has 2 aliphatic heterocycles. The van der Waals surface area contributed by atoms with Crippen LogP contribution in [0.5, 0.6) is 0 Å². The van der Waals surface area contributed by atoms with Gasteiger partial charge in [0.25, 0.3) is 0 Å². The van der Waals surface area contributed by atoms with Crippen LogP contribution in [-0.2, 0) is 23.9 Å². The third kappa shape index (κ3) is 8.70. The number of hydrogen-bond donors (Lipinski definition) is 2. The van der Waals surface area contributed by atoms with Gasteiger partial charge in [0.2, 0.25) is 11.8 Å². The number of carbonyl (C=O) groups excluding carboxylic acids is 4. The molecule has 2 aliphatic rings. The van der Waals surface area contributed by atoms with Crippen molar-refractivity contribution in [2.45, 2.75) is 103 Å². The van der Waals surface area contributed by atoms with Crippen LogP contribution in [0.25, 0.3) is 0 Å². The van der Waals surface area contributed by atoms with Gasteiger partial charge in [0.15, 0.2) is 0 Å².